The summed E-state index contributed by atoms with van der Waals surface area (Å²) in [5.41, 5.74) is -1.17. The smallest absolute Gasteiger partial charge is 0.343 e. The minimum absolute atomic E-state index is 0.0596. The molecule has 0 saturated carbocycles. The Bertz CT molecular complexity index is 278. The molecule has 1 fully saturated rings. The molecule has 2 rings (SSSR count). The van der Waals surface area contributed by atoms with E-state index in [0.717, 1.165) is 0 Å². The molecule has 0 amide bonds. The van der Waals surface area contributed by atoms with Crippen LogP contribution in [0.25, 0.3) is 0 Å². The van der Waals surface area contributed by atoms with Gasteiger partial charge in [-0.25, -0.2) is 4.79 Å². The van der Waals surface area contributed by atoms with Crippen LogP contribution in [0.3, 0.4) is 0 Å². The number of hydrogen-bond acceptors (Lipinski definition) is 3. The second-order valence-electron chi connectivity index (χ2n) is 2.56. The molecule has 58 valence electrons. The molecule has 0 bridgehead atoms. The fourth-order valence-electron chi connectivity index (χ4n) is 1.13. The Labute approximate surface area is 62.4 Å². The molecule has 1 aliphatic carbocycles. The highest BCUT2D eigenvalue weighted by atomic mass is 16.6. The molecule has 2 N–H and O–H groups in total. The highest BCUT2D eigenvalue weighted by Gasteiger charge is 2.61. The lowest BCUT2D eigenvalue weighted by Gasteiger charge is -2.02. The number of fused-ring (bicyclic) bond motifs is 1. The molecule has 0 aromatic carbocycles. The number of rotatable bonds is 1. The molecular formula is C7H6O4. The zero-order valence-corrected chi connectivity index (χ0v) is 5.52. The molecule has 1 heterocycles. The van der Waals surface area contributed by atoms with Gasteiger partial charge >= 0.3 is 5.97 Å². The van der Waals surface area contributed by atoms with Crippen LogP contribution in [0.15, 0.2) is 24.0 Å². The molecular weight excluding hydrogens is 148 g/mol. The fraction of sp³-hybridized carbons (Fsp3) is 0.286. The lowest BCUT2D eigenvalue weighted by Crippen LogP contribution is -2.25. The summed E-state index contributed by atoms with van der Waals surface area (Å²) in [5.74, 6) is -0.952. The van der Waals surface area contributed by atoms with Gasteiger partial charge in [-0.3, -0.25) is 0 Å². The Hall–Kier alpha value is -1.29. The molecule has 1 aliphatic heterocycles. The molecule has 2 unspecified atom stereocenters. The van der Waals surface area contributed by atoms with Gasteiger partial charge in [0.2, 0.25) is 5.60 Å². The normalized spacial score (nSPS) is 39.3. The molecule has 2 aliphatic rings. The van der Waals surface area contributed by atoms with Crippen molar-refractivity contribution in [1.29, 1.82) is 0 Å². The topological polar surface area (TPSA) is 70.1 Å². The van der Waals surface area contributed by atoms with E-state index in [9.17, 15) is 4.79 Å². The van der Waals surface area contributed by atoms with Gasteiger partial charge in [-0.05, 0) is 18.2 Å². The number of aliphatic carboxylic acids is 1. The Morgan fingerprint density at radius 3 is 3.00 bits per heavy atom. The third-order valence-electron chi connectivity index (χ3n) is 1.85. The SMILES string of the molecule is O=C(O)C12C=CC(O)=CC1O2. The van der Waals surface area contributed by atoms with Crippen LogP contribution in [0.1, 0.15) is 0 Å². The first-order valence-corrected chi connectivity index (χ1v) is 3.16. The van der Waals surface area contributed by atoms with E-state index >= 15 is 0 Å². The maximum atomic E-state index is 10.5. The molecule has 4 heteroatoms. The van der Waals surface area contributed by atoms with E-state index in [1.54, 1.807) is 0 Å². The predicted octanol–water partition coefficient (Wildman–Crippen LogP) is 0.220. The van der Waals surface area contributed by atoms with Crippen molar-refractivity contribution in [2.24, 2.45) is 0 Å². The quantitative estimate of drug-likeness (QED) is 0.530. The number of carboxylic acid groups (broad SMARTS) is 1. The van der Waals surface area contributed by atoms with Gasteiger partial charge in [0.1, 0.15) is 11.9 Å². The predicted molar refractivity (Wildman–Crippen MR) is 35.1 cm³/mol. The van der Waals surface area contributed by atoms with Crippen molar-refractivity contribution >= 4 is 5.97 Å². The van der Waals surface area contributed by atoms with Crippen LogP contribution < -0.4 is 0 Å². The maximum Gasteiger partial charge on any atom is 0.343 e. The van der Waals surface area contributed by atoms with Gasteiger partial charge in [-0.2, -0.15) is 0 Å². The van der Waals surface area contributed by atoms with Crippen molar-refractivity contribution in [3.63, 3.8) is 0 Å². The van der Waals surface area contributed by atoms with Gasteiger partial charge in [-0.1, -0.05) is 0 Å². The van der Waals surface area contributed by atoms with Gasteiger partial charge in [0.15, 0.2) is 0 Å². The summed E-state index contributed by atoms with van der Waals surface area (Å²) < 4.78 is 4.87. The zero-order chi connectivity index (χ0) is 8.06. The number of allylic oxidation sites excluding steroid dienone is 1. The molecule has 0 aromatic heterocycles. The van der Waals surface area contributed by atoms with Crippen molar-refractivity contribution in [3.05, 3.63) is 24.0 Å². The Balaban J connectivity index is 2.30. The summed E-state index contributed by atoms with van der Waals surface area (Å²) in [4.78, 5) is 10.5. The third kappa shape index (κ3) is 0.698. The number of carboxylic acids is 1. The summed E-state index contributed by atoms with van der Waals surface area (Å²) >= 11 is 0. The van der Waals surface area contributed by atoms with Crippen LogP contribution in [0.2, 0.25) is 0 Å². The number of ether oxygens (including phenoxy) is 1. The van der Waals surface area contributed by atoms with Crippen LogP contribution >= 0.6 is 0 Å². The van der Waals surface area contributed by atoms with Crippen LogP contribution in [-0.2, 0) is 9.53 Å². The van der Waals surface area contributed by atoms with E-state index < -0.39 is 17.7 Å². The highest BCUT2D eigenvalue weighted by Crippen LogP contribution is 2.42. The molecule has 1 saturated heterocycles. The number of aliphatic hydroxyl groups excluding tert-OH is 1. The first-order valence-electron chi connectivity index (χ1n) is 3.16. The van der Waals surface area contributed by atoms with Crippen LogP contribution in [0.4, 0.5) is 0 Å². The average Bonchev–Trinajstić information content (AvgIpc) is 2.62. The van der Waals surface area contributed by atoms with E-state index in [1.807, 2.05) is 0 Å². The minimum Gasteiger partial charge on any atom is -0.508 e. The molecule has 11 heavy (non-hydrogen) atoms. The molecule has 4 nitrogen and oxygen atoms in total. The van der Waals surface area contributed by atoms with Crippen molar-refractivity contribution in [3.8, 4) is 0 Å². The number of hydrogen-bond donors (Lipinski definition) is 2. The van der Waals surface area contributed by atoms with Crippen molar-refractivity contribution in [2.75, 3.05) is 0 Å². The summed E-state index contributed by atoms with van der Waals surface area (Å²) in [6.07, 6.45) is 3.59. The summed E-state index contributed by atoms with van der Waals surface area (Å²) in [6, 6.07) is 0. The third-order valence-corrected chi connectivity index (χ3v) is 1.85. The van der Waals surface area contributed by atoms with Gasteiger partial charge in [-0.15, -0.1) is 0 Å². The average molecular weight is 154 g/mol. The second-order valence-corrected chi connectivity index (χ2v) is 2.56. The fourth-order valence-corrected chi connectivity index (χ4v) is 1.13. The summed E-state index contributed by atoms with van der Waals surface area (Å²) in [5, 5.41) is 17.5. The lowest BCUT2D eigenvalue weighted by atomic mass is 10.0. The number of aliphatic hydroxyl groups is 1. The van der Waals surface area contributed by atoms with E-state index in [0.29, 0.717) is 0 Å². The number of carbonyl (C=O) groups is 1. The van der Waals surface area contributed by atoms with Gasteiger partial charge < -0.3 is 14.9 Å². The monoisotopic (exact) mass is 154 g/mol. The Kier molecular flexibility index (Phi) is 0.964. The molecule has 0 aromatic rings. The highest BCUT2D eigenvalue weighted by molar-refractivity contribution is 5.85. The van der Waals surface area contributed by atoms with Gasteiger partial charge in [0, 0.05) is 0 Å². The van der Waals surface area contributed by atoms with E-state index in [-0.39, 0.29) is 5.76 Å². The van der Waals surface area contributed by atoms with Crippen LogP contribution in [0, 0.1) is 0 Å². The molecule has 0 radical (unpaired) electrons. The summed E-state index contributed by atoms with van der Waals surface area (Å²) in [7, 11) is 0. The van der Waals surface area contributed by atoms with Crippen molar-refractivity contribution in [2.45, 2.75) is 11.7 Å². The molecule has 2 atom stereocenters. The minimum atomic E-state index is -1.17. The van der Waals surface area contributed by atoms with Crippen LogP contribution in [-0.4, -0.2) is 27.9 Å². The van der Waals surface area contributed by atoms with E-state index in [2.05, 4.69) is 0 Å². The Morgan fingerprint density at radius 2 is 2.45 bits per heavy atom. The second kappa shape index (κ2) is 1.65. The maximum absolute atomic E-state index is 10.5. The van der Waals surface area contributed by atoms with Crippen molar-refractivity contribution < 1.29 is 19.7 Å². The summed E-state index contributed by atoms with van der Waals surface area (Å²) in [6.45, 7) is 0. The zero-order valence-electron chi connectivity index (χ0n) is 5.52. The standard InChI is InChI=1S/C7H6O4/c8-4-1-2-7(6(9)10)5(3-4)11-7/h1-3,5,8H,(H,9,10). The Morgan fingerprint density at radius 1 is 1.73 bits per heavy atom. The van der Waals surface area contributed by atoms with Crippen molar-refractivity contribution in [1.82, 2.24) is 0 Å². The largest absolute Gasteiger partial charge is 0.508 e. The van der Waals surface area contributed by atoms with E-state index in [4.69, 9.17) is 14.9 Å². The van der Waals surface area contributed by atoms with Gasteiger partial charge in [0.25, 0.3) is 0 Å². The first-order chi connectivity index (χ1) is 5.15. The first kappa shape index (κ1) is 6.42. The van der Waals surface area contributed by atoms with Crippen LogP contribution in [0.5, 0.6) is 0 Å². The van der Waals surface area contributed by atoms with E-state index in [1.165, 1.54) is 18.2 Å². The number of epoxide rings is 1. The lowest BCUT2D eigenvalue weighted by molar-refractivity contribution is -0.141. The van der Waals surface area contributed by atoms with Gasteiger partial charge in [0.05, 0.1) is 0 Å². The molecule has 0 spiro atoms.